The van der Waals surface area contributed by atoms with E-state index in [0.29, 0.717) is 18.7 Å². The van der Waals surface area contributed by atoms with Gasteiger partial charge in [-0.3, -0.25) is 4.79 Å². The molecule has 2 N–H and O–H groups in total. The van der Waals surface area contributed by atoms with Crippen molar-refractivity contribution in [3.63, 3.8) is 0 Å². The first-order chi connectivity index (χ1) is 10.0. The molecule has 1 amide bonds. The van der Waals surface area contributed by atoms with Crippen LogP contribution in [0, 0.1) is 13.8 Å². The van der Waals surface area contributed by atoms with Crippen LogP contribution in [0.5, 0.6) is 0 Å². The first-order valence-electron chi connectivity index (χ1n) is 7.23. The van der Waals surface area contributed by atoms with Crippen molar-refractivity contribution in [2.75, 3.05) is 17.2 Å². The van der Waals surface area contributed by atoms with E-state index in [1.165, 1.54) is 5.56 Å². The van der Waals surface area contributed by atoms with Crippen LogP contribution in [-0.4, -0.2) is 12.5 Å². The molecule has 0 bridgehead atoms. The summed E-state index contributed by atoms with van der Waals surface area (Å²) in [4.78, 5) is 14.4. The van der Waals surface area contributed by atoms with E-state index in [9.17, 15) is 4.79 Å². The van der Waals surface area contributed by atoms with E-state index in [4.69, 9.17) is 5.73 Å². The molecule has 0 saturated carbocycles. The van der Waals surface area contributed by atoms with E-state index in [1.807, 2.05) is 45.0 Å². The molecule has 2 rings (SSSR count). The second-order valence-corrected chi connectivity index (χ2v) is 5.34. The van der Waals surface area contributed by atoms with Crippen molar-refractivity contribution in [1.82, 2.24) is 0 Å². The lowest BCUT2D eigenvalue weighted by Crippen LogP contribution is -2.32. The highest BCUT2D eigenvalue weighted by Gasteiger charge is 2.15. The third-order valence-corrected chi connectivity index (χ3v) is 3.67. The zero-order chi connectivity index (χ0) is 15.4. The van der Waals surface area contributed by atoms with Crippen molar-refractivity contribution in [3.05, 3.63) is 59.2 Å². The van der Waals surface area contributed by atoms with Crippen LogP contribution in [0.1, 0.15) is 23.6 Å². The van der Waals surface area contributed by atoms with Gasteiger partial charge in [0.2, 0.25) is 5.91 Å². The Labute approximate surface area is 126 Å². The van der Waals surface area contributed by atoms with Gasteiger partial charge in [0.15, 0.2) is 0 Å². The number of hydrogen-bond acceptors (Lipinski definition) is 2. The second-order valence-electron chi connectivity index (χ2n) is 5.34. The SMILES string of the molecule is CCN(C(=O)Cc1cc(C)ccc1C)c1ccc(N)cc1. The molecule has 0 spiro atoms. The largest absolute Gasteiger partial charge is 0.399 e. The summed E-state index contributed by atoms with van der Waals surface area (Å²) >= 11 is 0. The van der Waals surface area contributed by atoms with Crippen molar-refractivity contribution in [2.24, 2.45) is 0 Å². The zero-order valence-electron chi connectivity index (χ0n) is 12.9. The topological polar surface area (TPSA) is 46.3 Å². The number of nitrogens with zero attached hydrogens (tertiary/aromatic N) is 1. The number of benzene rings is 2. The fraction of sp³-hybridized carbons (Fsp3) is 0.278. The van der Waals surface area contributed by atoms with E-state index < -0.39 is 0 Å². The molecule has 0 aliphatic carbocycles. The van der Waals surface area contributed by atoms with Gasteiger partial charge < -0.3 is 10.6 Å². The summed E-state index contributed by atoms with van der Waals surface area (Å²) in [6.07, 6.45) is 0.422. The normalized spacial score (nSPS) is 10.4. The summed E-state index contributed by atoms with van der Waals surface area (Å²) in [7, 11) is 0. The molecule has 3 nitrogen and oxygen atoms in total. The molecule has 0 saturated heterocycles. The van der Waals surface area contributed by atoms with Crippen LogP contribution in [0.4, 0.5) is 11.4 Å². The predicted molar refractivity (Wildman–Crippen MR) is 88.5 cm³/mol. The predicted octanol–water partition coefficient (Wildman–Crippen LogP) is 3.48. The summed E-state index contributed by atoms with van der Waals surface area (Å²) in [5.74, 6) is 0.107. The molecule has 2 aromatic rings. The van der Waals surface area contributed by atoms with E-state index in [0.717, 1.165) is 16.8 Å². The first kappa shape index (κ1) is 15.1. The fourth-order valence-corrected chi connectivity index (χ4v) is 2.41. The maximum atomic E-state index is 12.6. The number of likely N-dealkylation sites (N-methyl/N-ethyl adjacent to an activating group) is 1. The molecule has 0 aliphatic rings. The lowest BCUT2D eigenvalue weighted by Gasteiger charge is -2.22. The van der Waals surface area contributed by atoms with E-state index in [-0.39, 0.29) is 5.91 Å². The van der Waals surface area contributed by atoms with Gasteiger partial charge in [-0.15, -0.1) is 0 Å². The number of amides is 1. The summed E-state index contributed by atoms with van der Waals surface area (Å²) in [6.45, 7) is 6.72. The summed E-state index contributed by atoms with van der Waals surface area (Å²) < 4.78 is 0. The van der Waals surface area contributed by atoms with Crippen molar-refractivity contribution in [1.29, 1.82) is 0 Å². The van der Waals surface area contributed by atoms with E-state index >= 15 is 0 Å². The minimum Gasteiger partial charge on any atom is -0.399 e. The van der Waals surface area contributed by atoms with E-state index in [1.54, 1.807) is 4.90 Å². The van der Waals surface area contributed by atoms with Crippen LogP contribution in [0.2, 0.25) is 0 Å². The molecule has 0 aromatic heterocycles. The highest BCUT2D eigenvalue weighted by molar-refractivity contribution is 5.95. The third kappa shape index (κ3) is 3.63. The van der Waals surface area contributed by atoms with Crippen LogP contribution >= 0.6 is 0 Å². The van der Waals surface area contributed by atoms with Crippen LogP contribution in [0.25, 0.3) is 0 Å². The van der Waals surface area contributed by atoms with Gasteiger partial charge in [-0.25, -0.2) is 0 Å². The van der Waals surface area contributed by atoms with Crippen molar-refractivity contribution in [2.45, 2.75) is 27.2 Å². The minimum atomic E-state index is 0.107. The van der Waals surface area contributed by atoms with Gasteiger partial charge in [0.25, 0.3) is 0 Å². The molecule has 0 unspecified atom stereocenters. The highest BCUT2D eigenvalue weighted by atomic mass is 16.2. The summed E-state index contributed by atoms with van der Waals surface area (Å²) in [5, 5.41) is 0. The van der Waals surface area contributed by atoms with Gasteiger partial charge in [-0.2, -0.15) is 0 Å². The maximum absolute atomic E-state index is 12.6. The van der Waals surface area contributed by atoms with Gasteiger partial charge in [-0.1, -0.05) is 23.8 Å². The van der Waals surface area contributed by atoms with Crippen molar-refractivity contribution >= 4 is 17.3 Å². The van der Waals surface area contributed by atoms with Crippen LogP contribution in [0.15, 0.2) is 42.5 Å². The lowest BCUT2D eigenvalue weighted by molar-refractivity contribution is -0.117. The van der Waals surface area contributed by atoms with Crippen LogP contribution in [-0.2, 0) is 11.2 Å². The third-order valence-electron chi connectivity index (χ3n) is 3.67. The molecule has 3 heteroatoms. The Morgan fingerprint density at radius 1 is 1.10 bits per heavy atom. The maximum Gasteiger partial charge on any atom is 0.231 e. The molecule has 0 aliphatic heterocycles. The zero-order valence-corrected chi connectivity index (χ0v) is 12.9. The number of carbonyl (C=O) groups is 1. The number of anilines is 2. The number of rotatable bonds is 4. The van der Waals surface area contributed by atoms with Crippen LogP contribution in [0.3, 0.4) is 0 Å². The van der Waals surface area contributed by atoms with Crippen LogP contribution < -0.4 is 10.6 Å². The smallest absolute Gasteiger partial charge is 0.231 e. The van der Waals surface area contributed by atoms with Crippen molar-refractivity contribution < 1.29 is 4.79 Å². The Hall–Kier alpha value is -2.29. The Kier molecular flexibility index (Phi) is 4.63. The average molecular weight is 282 g/mol. The average Bonchev–Trinajstić information content (AvgIpc) is 2.46. The Balaban J connectivity index is 2.20. The molecule has 21 heavy (non-hydrogen) atoms. The molecule has 0 atom stereocenters. The Bertz CT molecular complexity index is 632. The molecule has 0 radical (unpaired) electrons. The number of carbonyl (C=O) groups excluding carboxylic acids is 1. The molecular formula is C18H22N2O. The summed E-state index contributed by atoms with van der Waals surface area (Å²) in [5.41, 5.74) is 10.7. The fourth-order valence-electron chi connectivity index (χ4n) is 2.41. The lowest BCUT2D eigenvalue weighted by atomic mass is 10.0. The molecule has 2 aromatic carbocycles. The molecular weight excluding hydrogens is 260 g/mol. The number of hydrogen-bond donors (Lipinski definition) is 1. The molecule has 0 heterocycles. The van der Waals surface area contributed by atoms with Crippen molar-refractivity contribution in [3.8, 4) is 0 Å². The molecule has 0 fully saturated rings. The Morgan fingerprint density at radius 2 is 1.76 bits per heavy atom. The number of nitrogens with two attached hydrogens (primary N) is 1. The van der Waals surface area contributed by atoms with Gasteiger partial charge in [0, 0.05) is 17.9 Å². The standard InChI is InChI=1S/C18H22N2O/c1-4-20(17-9-7-16(19)8-10-17)18(21)12-15-11-13(2)5-6-14(15)3/h5-11H,4,12,19H2,1-3H3. The second kappa shape index (κ2) is 6.44. The molecule has 110 valence electrons. The first-order valence-corrected chi connectivity index (χ1v) is 7.23. The van der Waals surface area contributed by atoms with E-state index in [2.05, 4.69) is 18.2 Å². The number of nitrogen functional groups attached to an aromatic ring is 1. The Morgan fingerprint density at radius 3 is 2.38 bits per heavy atom. The minimum absolute atomic E-state index is 0.107. The summed E-state index contributed by atoms with van der Waals surface area (Å²) in [6, 6.07) is 13.6. The van der Waals surface area contributed by atoms with Gasteiger partial charge in [0.05, 0.1) is 6.42 Å². The number of aryl methyl sites for hydroxylation is 2. The van der Waals surface area contributed by atoms with Gasteiger partial charge in [0.1, 0.15) is 0 Å². The monoisotopic (exact) mass is 282 g/mol. The highest BCUT2D eigenvalue weighted by Crippen LogP contribution is 2.19. The quantitative estimate of drug-likeness (QED) is 0.873. The van der Waals surface area contributed by atoms with Gasteiger partial charge in [-0.05, 0) is 56.2 Å². The van der Waals surface area contributed by atoms with Gasteiger partial charge >= 0.3 is 0 Å².